The number of ether oxygens (including phenoxy) is 4. The first kappa shape index (κ1) is 17.2. The van der Waals surface area contributed by atoms with E-state index in [0.29, 0.717) is 22.9 Å². The number of carbonyl (C=O) groups excluding carboxylic acids is 1. The summed E-state index contributed by atoms with van der Waals surface area (Å²) in [4.78, 5) is 12.8. The van der Waals surface area contributed by atoms with Gasteiger partial charge in [-0.2, -0.15) is 0 Å². The van der Waals surface area contributed by atoms with Crippen molar-refractivity contribution in [2.45, 2.75) is 57.0 Å². The van der Waals surface area contributed by atoms with Gasteiger partial charge in [-0.25, -0.2) is 0 Å². The summed E-state index contributed by atoms with van der Waals surface area (Å²) < 4.78 is 23.9. The maximum Gasteiger partial charge on any atom is 0.269 e. The quantitative estimate of drug-likeness (QED) is 0.841. The number of rotatable bonds is 2. The van der Waals surface area contributed by atoms with Crippen LogP contribution in [0.25, 0.3) is 0 Å². The number of anilines is 1. The molecule has 0 saturated heterocycles. The normalized spacial score (nSPS) is 24.0. The van der Waals surface area contributed by atoms with Crippen LogP contribution in [0.5, 0.6) is 23.0 Å². The van der Waals surface area contributed by atoms with Crippen LogP contribution in [0.15, 0.2) is 42.5 Å². The molecular formula is C22H23NO5. The fourth-order valence-corrected chi connectivity index (χ4v) is 4.09. The van der Waals surface area contributed by atoms with Gasteiger partial charge in [0, 0.05) is 24.6 Å². The Morgan fingerprint density at radius 1 is 0.929 bits per heavy atom. The first-order valence-electron chi connectivity index (χ1n) is 9.87. The Bertz CT molecular complexity index is 906. The van der Waals surface area contributed by atoms with E-state index in [9.17, 15) is 4.79 Å². The van der Waals surface area contributed by atoms with Gasteiger partial charge in [-0.3, -0.25) is 4.79 Å². The Kier molecular flexibility index (Phi) is 4.07. The second-order valence-electron chi connectivity index (χ2n) is 7.63. The molecule has 2 heterocycles. The zero-order valence-corrected chi connectivity index (χ0v) is 15.8. The van der Waals surface area contributed by atoms with Gasteiger partial charge >= 0.3 is 0 Å². The van der Waals surface area contributed by atoms with Crippen molar-refractivity contribution in [1.29, 1.82) is 0 Å². The molecule has 0 unspecified atom stereocenters. The molecule has 1 amide bonds. The van der Waals surface area contributed by atoms with Gasteiger partial charge in [-0.05, 0) is 44.0 Å². The summed E-state index contributed by atoms with van der Waals surface area (Å²) in [6.07, 6.45) is 4.10. The van der Waals surface area contributed by atoms with E-state index in [1.807, 2.05) is 43.3 Å². The molecule has 5 rings (SSSR count). The molecule has 1 N–H and O–H groups in total. The van der Waals surface area contributed by atoms with Crippen molar-refractivity contribution < 1.29 is 23.7 Å². The molecule has 3 aliphatic rings. The Labute approximate surface area is 163 Å². The minimum Gasteiger partial charge on any atom is -0.482 e. The molecule has 6 nitrogen and oxygen atoms in total. The highest BCUT2D eigenvalue weighted by Gasteiger charge is 2.42. The van der Waals surface area contributed by atoms with E-state index in [2.05, 4.69) is 5.32 Å². The highest BCUT2D eigenvalue weighted by atomic mass is 16.7. The minimum absolute atomic E-state index is 0.256. The summed E-state index contributed by atoms with van der Waals surface area (Å²) in [7, 11) is 0. The standard InChI is InChI=1S/C22H23NO5/c1-14-20(26-17-8-4-3-7-16(17)25-14)21(24)23-15-9-10-18-19(13-15)28-22(27-18)11-5-2-6-12-22/h3-4,7-10,13-14,20H,2,5-6,11-12H2,1H3,(H,23,24)/t14-,20+/m0/s1. The SMILES string of the molecule is C[C@@H]1Oc2ccccc2O[C@H]1C(=O)Nc1ccc2c(c1)OC1(CCCCC1)O2. The molecule has 1 fully saturated rings. The first-order chi connectivity index (χ1) is 13.6. The van der Waals surface area contributed by atoms with E-state index in [4.69, 9.17) is 18.9 Å². The van der Waals surface area contributed by atoms with Gasteiger partial charge < -0.3 is 24.3 Å². The summed E-state index contributed by atoms with van der Waals surface area (Å²) in [5.74, 6) is 1.86. The van der Waals surface area contributed by atoms with Gasteiger partial charge in [-0.1, -0.05) is 18.6 Å². The molecule has 0 bridgehead atoms. The average molecular weight is 381 g/mol. The molecule has 0 radical (unpaired) electrons. The number of hydrogen-bond donors (Lipinski definition) is 1. The van der Waals surface area contributed by atoms with E-state index in [1.54, 1.807) is 6.07 Å². The van der Waals surface area contributed by atoms with Gasteiger partial charge in [0.15, 0.2) is 23.0 Å². The Balaban J connectivity index is 1.30. The topological polar surface area (TPSA) is 66.0 Å². The lowest BCUT2D eigenvalue weighted by Crippen LogP contribution is -2.46. The monoisotopic (exact) mass is 381 g/mol. The second kappa shape index (κ2) is 6.62. The van der Waals surface area contributed by atoms with Crippen molar-refractivity contribution in [3.8, 4) is 23.0 Å². The minimum atomic E-state index is -0.731. The summed E-state index contributed by atoms with van der Waals surface area (Å²) >= 11 is 0. The van der Waals surface area contributed by atoms with Crippen LogP contribution in [-0.2, 0) is 4.79 Å². The van der Waals surface area contributed by atoms with E-state index in [0.717, 1.165) is 31.4 Å². The second-order valence-corrected chi connectivity index (χ2v) is 7.63. The van der Waals surface area contributed by atoms with Gasteiger partial charge in [-0.15, -0.1) is 0 Å². The number of amides is 1. The molecule has 1 aliphatic carbocycles. The molecule has 0 aromatic heterocycles. The van der Waals surface area contributed by atoms with Crippen LogP contribution in [0.2, 0.25) is 0 Å². The zero-order valence-electron chi connectivity index (χ0n) is 15.8. The van der Waals surface area contributed by atoms with Crippen molar-refractivity contribution in [2.75, 3.05) is 5.32 Å². The van der Waals surface area contributed by atoms with Crippen LogP contribution < -0.4 is 24.3 Å². The summed E-state index contributed by atoms with van der Waals surface area (Å²) in [6, 6.07) is 12.9. The predicted octanol–water partition coefficient (Wildman–Crippen LogP) is 4.29. The summed E-state index contributed by atoms with van der Waals surface area (Å²) in [6.45, 7) is 1.83. The molecule has 2 aromatic rings. The van der Waals surface area contributed by atoms with Crippen molar-refractivity contribution in [2.24, 2.45) is 0 Å². The zero-order chi connectivity index (χ0) is 19.1. The lowest BCUT2D eigenvalue weighted by Gasteiger charge is -2.31. The Morgan fingerprint density at radius 2 is 1.64 bits per heavy atom. The number of carbonyl (C=O) groups is 1. The third kappa shape index (κ3) is 3.03. The van der Waals surface area contributed by atoms with Crippen molar-refractivity contribution >= 4 is 11.6 Å². The third-order valence-electron chi connectivity index (χ3n) is 5.52. The summed E-state index contributed by atoms with van der Waals surface area (Å²) in [5.41, 5.74) is 0.648. The van der Waals surface area contributed by atoms with Crippen molar-refractivity contribution in [3.63, 3.8) is 0 Å². The van der Waals surface area contributed by atoms with Gasteiger partial charge in [0.1, 0.15) is 6.10 Å². The smallest absolute Gasteiger partial charge is 0.269 e. The largest absolute Gasteiger partial charge is 0.482 e. The predicted molar refractivity (Wildman–Crippen MR) is 103 cm³/mol. The molecule has 1 saturated carbocycles. The maximum absolute atomic E-state index is 12.8. The van der Waals surface area contributed by atoms with E-state index in [1.165, 1.54) is 6.42 Å². The van der Waals surface area contributed by atoms with Crippen LogP contribution in [0.4, 0.5) is 5.69 Å². The van der Waals surface area contributed by atoms with Gasteiger partial charge in [0.25, 0.3) is 11.7 Å². The van der Waals surface area contributed by atoms with E-state index in [-0.39, 0.29) is 5.91 Å². The van der Waals surface area contributed by atoms with Crippen LogP contribution in [0, 0.1) is 0 Å². The van der Waals surface area contributed by atoms with Crippen LogP contribution in [0.3, 0.4) is 0 Å². The fraction of sp³-hybridized carbons (Fsp3) is 0.409. The summed E-state index contributed by atoms with van der Waals surface area (Å²) in [5, 5.41) is 2.91. The van der Waals surface area contributed by atoms with Crippen LogP contribution in [0.1, 0.15) is 39.0 Å². The molecule has 2 aromatic carbocycles. The molecule has 2 aliphatic heterocycles. The number of nitrogens with one attached hydrogen (secondary N) is 1. The maximum atomic E-state index is 12.8. The van der Waals surface area contributed by atoms with Gasteiger partial charge in [0.05, 0.1) is 0 Å². The highest BCUT2D eigenvalue weighted by Crippen LogP contribution is 2.46. The van der Waals surface area contributed by atoms with Gasteiger partial charge in [0.2, 0.25) is 6.10 Å². The van der Waals surface area contributed by atoms with E-state index < -0.39 is 18.0 Å². The highest BCUT2D eigenvalue weighted by molar-refractivity contribution is 5.95. The Morgan fingerprint density at radius 3 is 2.43 bits per heavy atom. The molecular weight excluding hydrogens is 358 g/mol. The van der Waals surface area contributed by atoms with Crippen LogP contribution >= 0.6 is 0 Å². The number of benzene rings is 2. The van der Waals surface area contributed by atoms with E-state index >= 15 is 0 Å². The number of fused-ring (bicyclic) bond motifs is 2. The molecule has 28 heavy (non-hydrogen) atoms. The number of hydrogen-bond acceptors (Lipinski definition) is 5. The lowest BCUT2D eigenvalue weighted by atomic mass is 9.94. The lowest BCUT2D eigenvalue weighted by molar-refractivity contribution is -0.128. The molecule has 146 valence electrons. The first-order valence-corrected chi connectivity index (χ1v) is 9.87. The molecule has 6 heteroatoms. The average Bonchev–Trinajstić information content (AvgIpc) is 3.04. The van der Waals surface area contributed by atoms with Crippen molar-refractivity contribution in [3.05, 3.63) is 42.5 Å². The molecule has 2 atom stereocenters. The van der Waals surface area contributed by atoms with Crippen molar-refractivity contribution in [1.82, 2.24) is 0 Å². The molecule has 1 spiro atoms. The van der Waals surface area contributed by atoms with Crippen LogP contribution in [-0.4, -0.2) is 23.9 Å². The Hall–Kier alpha value is -2.89. The fourth-order valence-electron chi connectivity index (χ4n) is 4.09. The number of para-hydroxylation sites is 2. The third-order valence-corrected chi connectivity index (χ3v) is 5.52.